The highest BCUT2D eigenvalue weighted by atomic mass is 16.5. The van der Waals surface area contributed by atoms with Crippen LogP contribution in [-0.4, -0.2) is 24.5 Å². The van der Waals surface area contributed by atoms with Crippen LogP contribution < -0.4 is 14.2 Å². The van der Waals surface area contributed by atoms with E-state index in [0.29, 0.717) is 36.9 Å². The molecule has 3 heterocycles. The maximum atomic E-state index is 13.1. The third kappa shape index (κ3) is 3.25. The summed E-state index contributed by atoms with van der Waals surface area (Å²) in [5.74, 6) is 3.13. The Kier molecular flexibility index (Phi) is 4.56. The topological polar surface area (TPSA) is 61.1 Å². The van der Waals surface area contributed by atoms with Crippen molar-refractivity contribution in [1.29, 1.82) is 0 Å². The molecule has 0 spiro atoms. The molecule has 30 heavy (non-hydrogen) atoms. The second kappa shape index (κ2) is 7.39. The van der Waals surface area contributed by atoms with Crippen molar-refractivity contribution < 1.29 is 23.4 Å². The number of methoxy groups -OCH3 is 1. The zero-order chi connectivity index (χ0) is 20.7. The van der Waals surface area contributed by atoms with Gasteiger partial charge in [-0.15, -0.1) is 0 Å². The van der Waals surface area contributed by atoms with Crippen LogP contribution in [0.15, 0.2) is 58.9 Å². The summed E-state index contributed by atoms with van der Waals surface area (Å²) < 4.78 is 22.8. The lowest BCUT2D eigenvalue weighted by molar-refractivity contribution is 0.0809. The van der Waals surface area contributed by atoms with Crippen molar-refractivity contribution in [2.24, 2.45) is 0 Å². The summed E-state index contributed by atoms with van der Waals surface area (Å²) in [6, 6.07) is 13.2. The molecule has 6 heteroatoms. The second-order valence-electron chi connectivity index (χ2n) is 7.43. The van der Waals surface area contributed by atoms with Gasteiger partial charge in [-0.05, 0) is 54.5 Å². The third-order valence-electron chi connectivity index (χ3n) is 5.34. The van der Waals surface area contributed by atoms with Crippen LogP contribution in [0, 0.1) is 6.92 Å². The molecule has 6 nitrogen and oxygen atoms in total. The Morgan fingerprint density at radius 2 is 2.10 bits per heavy atom. The monoisotopic (exact) mass is 403 g/mol. The van der Waals surface area contributed by atoms with E-state index < -0.39 is 0 Å². The first-order chi connectivity index (χ1) is 14.6. The van der Waals surface area contributed by atoms with Gasteiger partial charge in [0.15, 0.2) is 5.76 Å². The predicted molar refractivity (Wildman–Crippen MR) is 111 cm³/mol. The van der Waals surface area contributed by atoms with Crippen LogP contribution in [0.5, 0.6) is 17.2 Å². The van der Waals surface area contributed by atoms with Crippen molar-refractivity contribution in [3.63, 3.8) is 0 Å². The van der Waals surface area contributed by atoms with Crippen LogP contribution in [0.3, 0.4) is 0 Å². The lowest BCUT2D eigenvalue weighted by Crippen LogP contribution is -2.31. The average Bonchev–Trinajstić information content (AvgIpc) is 3.37. The van der Waals surface area contributed by atoms with Crippen LogP contribution in [-0.2, 0) is 13.1 Å². The molecule has 0 N–H and O–H groups in total. The standard InChI is InChI=1S/C24H21NO5/c1-15-9-20-19(13-25(14-29-20)12-18-7-4-8-28-18)24-22(15)23(26)21(30-24)11-16-5-3-6-17(10-16)27-2/h3-11H,12-14H2,1-2H3/b21-11-. The Morgan fingerprint density at radius 1 is 1.20 bits per heavy atom. The number of hydrogen-bond donors (Lipinski definition) is 0. The van der Waals surface area contributed by atoms with E-state index in [9.17, 15) is 4.79 Å². The molecule has 0 amide bonds. The van der Waals surface area contributed by atoms with E-state index in [4.69, 9.17) is 18.6 Å². The maximum absolute atomic E-state index is 13.1. The molecular formula is C24H21NO5. The van der Waals surface area contributed by atoms with Crippen molar-refractivity contribution in [3.05, 3.63) is 82.5 Å². The first-order valence-electron chi connectivity index (χ1n) is 9.74. The number of Topliss-reactive ketones (excluding diaryl/α,β-unsaturated/α-hetero) is 1. The van der Waals surface area contributed by atoms with Gasteiger partial charge in [-0.1, -0.05) is 12.1 Å². The number of ether oxygens (including phenoxy) is 3. The molecule has 0 bridgehead atoms. The zero-order valence-electron chi connectivity index (χ0n) is 16.8. The summed E-state index contributed by atoms with van der Waals surface area (Å²) in [4.78, 5) is 15.2. The van der Waals surface area contributed by atoms with Crippen molar-refractivity contribution in [3.8, 4) is 17.2 Å². The van der Waals surface area contributed by atoms with E-state index in [0.717, 1.165) is 33.9 Å². The molecule has 0 fully saturated rings. The van der Waals surface area contributed by atoms with E-state index in [1.54, 1.807) is 19.4 Å². The Hall–Kier alpha value is -3.51. The van der Waals surface area contributed by atoms with Crippen LogP contribution in [0.4, 0.5) is 0 Å². The molecule has 2 aliphatic rings. The summed E-state index contributed by atoms with van der Waals surface area (Å²) >= 11 is 0. The fraction of sp³-hybridized carbons (Fsp3) is 0.208. The minimum atomic E-state index is -0.115. The average molecular weight is 403 g/mol. The number of aryl methyl sites for hydroxylation is 1. The normalized spacial score (nSPS) is 16.7. The number of benzene rings is 2. The van der Waals surface area contributed by atoms with E-state index in [1.165, 1.54) is 0 Å². The van der Waals surface area contributed by atoms with Crippen LogP contribution in [0.2, 0.25) is 0 Å². The highest BCUT2D eigenvalue weighted by molar-refractivity contribution is 6.15. The fourth-order valence-corrected chi connectivity index (χ4v) is 3.88. The molecule has 2 aliphatic heterocycles. The predicted octanol–water partition coefficient (Wildman–Crippen LogP) is 4.56. The Labute approximate surface area is 174 Å². The van der Waals surface area contributed by atoms with E-state index in [2.05, 4.69) is 4.90 Å². The number of carbonyl (C=O) groups excluding carboxylic acids is 1. The Balaban J connectivity index is 1.48. The highest BCUT2D eigenvalue weighted by Gasteiger charge is 2.35. The van der Waals surface area contributed by atoms with Gasteiger partial charge in [-0.3, -0.25) is 9.69 Å². The van der Waals surface area contributed by atoms with Gasteiger partial charge in [0.1, 0.15) is 29.7 Å². The minimum Gasteiger partial charge on any atom is -0.497 e. The number of ketones is 1. The molecule has 0 unspecified atom stereocenters. The molecule has 1 aromatic heterocycles. The van der Waals surface area contributed by atoms with Gasteiger partial charge in [0.2, 0.25) is 5.78 Å². The Morgan fingerprint density at radius 3 is 2.90 bits per heavy atom. The molecule has 0 atom stereocenters. The van der Waals surface area contributed by atoms with Crippen molar-refractivity contribution in [2.75, 3.05) is 13.8 Å². The lowest BCUT2D eigenvalue weighted by atomic mass is 9.98. The molecule has 2 aromatic carbocycles. The first kappa shape index (κ1) is 18.5. The molecule has 0 saturated heterocycles. The van der Waals surface area contributed by atoms with Crippen molar-refractivity contribution in [1.82, 2.24) is 4.90 Å². The van der Waals surface area contributed by atoms with Gasteiger partial charge in [-0.2, -0.15) is 0 Å². The number of rotatable bonds is 4. The van der Waals surface area contributed by atoms with Crippen LogP contribution in [0.25, 0.3) is 6.08 Å². The number of hydrogen-bond acceptors (Lipinski definition) is 6. The van der Waals surface area contributed by atoms with Gasteiger partial charge in [0, 0.05) is 6.54 Å². The van der Waals surface area contributed by atoms with Gasteiger partial charge in [0.05, 0.1) is 31.0 Å². The SMILES string of the molecule is COc1cccc(/C=C2\Oc3c4c(cc(C)c3C2=O)OCN(Cc2ccco2)C4)c1. The van der Waals surface area contributed by atoms with Gasteiger partial charge in [0.25, 0.3) is 0 Å². The summed E-state index contributed by atoms with van der Waals surface area (Å²) in [7, 11) is 1.61. The molecule has 5 rings (SSSR count). The lowest BCUT2D eigenvalue weighted by Gasteiger charge is -2.29. The van der Waals surface area contributed by atoms with E-state index in [1.807, 2.05) is 49.4 Å². The number of carbonyl (C=O) groups is 1. The Bertz CT molecular complexity index is 1150. The number of allylic oxidation sites excluding steroid dienone is 1. The van der Waals surface area contributed by atoms with E-state index >= 15 is 0 Å². The minimum absolute atomic E-state index is 0.115. The highest BCUT2D eigenvalue weighted by Crippen LogP contribution is 2.44. The van der Waals surface area contributed by atoms with Crippen molar-refractivity contribution >= 4 is 11.9 Å². The molecule has 0 radical (unpaired) electrons. The molecule has 0 saturated carbocycles. The molecule has 152 valence electrons. The molecule has 0 aliphatic carbocycles. The second-order valence-corrected chi connectivity index (χ2v) is 7.43. The zero-order valence-corrected chi connectivity index (χ0v) is 16.8. The summed E-state index contributed by atoms with van der Waals surface area (Å²) in [6.07, 6.45) is 3.41. The smallest absolute Gasteiger partial charge is 0.232 e. The van der Waals surface area contributed by atoms with Crippen LogP contribution in [0.1, 0.15) is 32.8 Å². The fourth-order valence-electron chi connectivity index (χ4n) is 3.88. The number of furan rings is 1. The number of nitrogens with zero attached hydrogens (tertiary/aromatic N) is 1. The van der Waals surface area contributed by atoms with Crippen LogP contribution >= 0.6 is 0 Å². The quantitative estimate of drug-likeness (QED) is 0.595. The largest absolute Gasteiger partial charge is 0.497 e. The maximum Gasteiger partial charge on any atom is 0.232 e. The summed E-state index contributed by atoms with van der Waals surface area (Å²) in [5.41, 5.74) is 3.18. The summed E-state index contributed by atoms with van der Waals surface area (Å²) in [5, 5.41) is 0. The van der Waals surface area contributed by atoms with Gasteiger partial charge < -0.3 is 18.6 Å². The third-order valence-corrected chi connectivity index (χ3v) is 5.34. The first-order valence-corrected chi connectivity index (χ1v) is 9.74. The van der Waals surface area contributed by atoms with E-state index in [-0.39, 0.29) is 5.78 Å². The molecule has 3 aromatic rings. The summed E-state index contributed by atoms with van der Waals surface area (Å²) in [6.45, 7) is 3.59. The van der Waals surface area contributed by atoms with Gasteiger partial charge >= 0.3 is 0 Å². The van der Waals surface area contributed by atoms with Crippen molar-refractivity contribution in [2.45, 2.75) is 20.0 Å². The molecular weight excluding hydrogens is 382 g/mol. The van der Waals surface area contributed by atoms with Gasteiger partial charge in [-0.25, -0.2) is 0 Å². The number of fused-ring (bicyclic) bond motifs is 3.